The van der Waals surface area contributed by atoms with E-state index in [1.54, 1.807) is 11.9 Å². The molecule has 1 atom stereocenters. The third-order valence-electron chi connectivity index (χ3n) is 5.95. The molecule has 2 heterocycles. The van der Waals surface area contributed by atoms with Crippen molar-refractivity contribution >= 4 is 17.9 Å². The van der Waals surface area contributed by atoms with Crippen molar-refractivity contribution < 1.29 is 9.53 Å². The van der Waals surface area contributed by atoms with Crippen molar-refractivity contribution in [3.8, 4) is 5.75 Å². The molecule has 0 radical (unpaired) electrons. The lowest BCUT2D eigenvalue weighted by molar-refractivity contribution is -0.123. The lowest BCUT2D eigenvalue weighted by Gasteiger charge is -2.31. The van der Waals surface area contributed by atoms with Gasteiger partial charge in [-0.1, -0.05) is 36.4 Å². The molecule has 7 heteroatoms. The maximum absolute atomic E-state index is 12.3. The van der Waals surface area contributed by atoms with Gasteiger partial charge in [-0.3, -0.25) is 9.69 Å². The molecule has 2 N–H and O–H groups in total. The summed E-state index contributed by atoms with van der Waals surface area (Å²) in [7, 11) is 0. The maximum atomic E-state index is 12.3. The van der Waals surface area contributed by atoms with E-state index in [1.165, 1.54) is 11.1 Å². The molecule has 1 amide bonds. The second-order valence-electron chi connectivity index (χ2n) is 8.57. The number of nitrogens with zero attached hydrogens (tertiary/aromatic N) is 2. The van der Waals surface area contributed by atoms with E-state index in [0.717, 1.165) is 62.8 Å². The van der Waals surface area contributed by atoms with Gasteiger partial charge in [0, 0.05) is 51.9 Å². The second-order valence-corrected chi connectivity index (χ2v) is 9.71. The van der Waals surface area contributed by atoms with Crippen LogP contribution in [0.2, 0.25) is 0 Å². The summed E-state index contributed by atoms with van der Waals surface area (Å²) in [6, 6.07) is 17.1. The minimum Gasteiger partial charge on any atom is -0.483 e. The highest BCUT2D eigenvalue weighted by molar-refractivity contribution is 7.97. The minimum atomic E-state index is -0.0652. The molecule has 172 valence electrons. The summed E-state index contributed by atoms with van der Waals surface area (Å²) in [5.74, 6) is 0.704. The second kappa shape index (κ2) is 11.7. The largest absolute Gasteiger partial charge is 0.483 e. The summed E-state index contributed by atoms with van der Waals surface area (Å²) >= 11 is 1.71. The highest BCUT2D eigenvalue weighted by Gasteiger charge is 2.18. The standard InChI is InChI=1S/C25H34N4O2S/c1-20-17-29(16-13-26-20)32-24-10-5-4-9-23(24)31-19-25(30)27-12-6-14-28-15-11-21-7-2-3-8-22(21)18-28/h2-5,7-10,20,26H,6,11-19H2,1H3,(H,27,30). The Morgan fingerprint density at radius 1 is 1.16 bits per heavy atom. The topological polar surface area (TPSA) is 56.8 Å². The van der Waals surface area contributed by atoms with E-state index in [4.69, 9.17) is 4.74 Å². The van der Waals surface area contributed by atoms with Crippen LogP contribution in [-0.2, 0) is 17.8 Å². The monoisotopic (exact) mass is 454 g/mol. The predicted molar refractivity (Wildman–Crippen MR) is 130 cm³/mol. The van der Waals surface area contributed by atoms with E-state index >= 15 is 0 Å². The quantitative estimate of drug-likeness (QED) is 0.449. The first-order chi connectivity index (χ1) is 15.7. The first kappa shape index (κ1) is 23.1. The molecular weight excluding hydrogens is 420 g/mol. The number of piperazine rings is 1. The van der Waals surface area contributed by atoms with Crippen molar-refractivity contribution in [2.24, 2.45) is 0 Å². The van der Waals surface area contributed by atoms with E-state index in [-0.39, 0.29) is 12.5 Å². The van der Waals surface area contributed by atoms with E-state index < -0.39 is 0 Å². The van der Waals surface area contributed by atoms with Gasteiger partial charge in [-0.25, -0.2) is 4.31 Å². The van der Waals surface area contributed by atoms with Gasteiger partial charge in [-0.2, -0.15) is 0 Å². The zero-order chi connectivity index (χ0) is 22.2. The third-order valence-corrected chi connectivity index (χ3v) is 7.07. The molecule has 0 spiro atoms. The summed E-state index contributed by atoms with van der Waals surface area (Å²) in [4.78, 5) is 15.8. The van der Waals surface area contributed by atoms with Crippen LogP contribution in [0.5, 0.6) is 5.75 Å². The fourth-order valence-corrected chi connectivity index (χ4v) is 5.35. The lowest BCUT2D eigenvalue weighted by Crippen LogP contribution is -2.46. The van der Waals surface area contributed by atoms with Crippen molar-refractivity contribution in [2.45, 2.75) is 37.2 Å². The Balaban J connectivity index is 1.16. The Kier molecular flexibility index (Phi) is 8.45. The van der Waals surface area contributed by atoms with Crippen molar-refractivity contribution in [1.82, 2.24) is 19.8 Å². The van der Waals surface area contributed by atoms with Crippen LogP contribution in [0.4, 0.5) is 0 Å². The molecule has 1 fully saturated rings. The minimum absolute atomic E-state index is 0.0482. The number of benzene rings is 2. The van der Waals surface area contributed by atoms with E-state index in [0.29, 0.717) is 12.6 Å². The van der Waals surface area contributed by atoms with Gasteiger partial charge in [0.25, 0.3) is 5.91 Å². The number of fused-ring (bicyclic) bond motifs is 1. The maximum Gasteiger partial charge on any atom is 0.257 e. The Bertz CT molecular complexity index is 894. The van der Waals surface area contributed by atoms with Gasteiger partial charge in [0.05, 0.1) is 4.90 Å². The van der Waals surface area contributed by atoms with Gasteiger partial charge in [-0.05, 0) is 55.0 Å². The molecule has 0 saturated carbocycles. The Hall–Kier alpha value is -2.06. The number of carbonyl (C=O) groups is 1. The number of para-hydroxylation sites is 1. The highest BCUT2D eigenvalue weighted by Crippen LogP contribution is 2.32. The zero-order valence-electron chi connectivity index (χ0n) is 18.9. The van der Waals surface area contributed by atoms with Crippen LogP contribution in [0.3, 0.4) is 0 Å². The van der Waals surface area contributed by atoms with Gasteiger partial charge in [0.1, 0.15) is 5.75 Å². The van der Waals surface area contributed by atoms with Crippen LogP contribution in [0.15, 0.2) is 53.4 Å². The molecule has 0 aliphatic carbocycles. The van der Waals surface area contributed by atoms with Gasteiger partial charge in [0.15, 0.2) is 6.61 Å². The fraction of sp³-hybridized carbons (Fsp3) is 0.480. The molecule has 0 bridgehead atoms. The third kappa shape index (κ3) is 6.72. The molecule has 0 aromatic heterocycles. The van der Waals surface area contributed by atoms with Crippen LogP contribution >= 0.6 is 11.9 Å². The first-order valence-corrected chi connectivity index (χ1v) is 12.4. The van der Waals surface area contributed by atoms with Crippen LogP contribution < -0.4 is 15.4 Å². The normalized spacial score (nSPS) is 19.3. The van der Waals surface area contributed by atoms with Crippen LogP contribution in [0.25, 0.3) is 0 Å². The highest BCUT2D eigenvalue weighted by atomic mass is 32.2. The van der Waals surface area contributed by atoms with Gasteiger partial charge >= 0.3 is 0 Å². The fourth-order valence-electron chi connectivity index (χ4n) is 4.23. The molecule has 2 aromatic rings. The number of nitrogens with one attached hydrogen (secondary N) is 2. The Morgan fingerprint density at radius 3 is 2.84 bits per heavy atom. The van der Waals surface area contributed by atoms with Crippen LogP contribution in [-0.4, -0.2) is 67.0 Å². The predicted octanol–water partition coefficient (Wildman–Crippen LogP) is 2.93. The summed E-state index contributed by atoms with van der Waals surface area (Å²) in [6.45, 7) is 8.99. The van der Waals surface area contributed by atoms with Crippen molar-refractivity contribution in [2.75, 3.05) is 45.9 Å². The summed E-state index contributed by atoms with van der Waals surface area (Å²) in [6.07, 6.45) is 2.06. The SMILES string of the molecule is CC1CN(Sc2ccccc2OCC(=O)NCCCN2CCc3ccccc3C2)CCN1. The molecule has 2 aliphatic rings. The lowest BCUT2D eigenvalue weighted by atomic mass is 10.00. The first-order valence-electron chi connectivity index (χ1n) is 11.6. The molecule has 1 unspecified atom stereocenters. The molecule has 1 saturated heterocycles. The van der Waals surface area contributed by atoms with E-state index in [2.05, 4.69) is 57.1 Å². The molecule has 6 nitrogen and oxygen atoms in total. The number of hydrogen-bond donors (Lipinski definition) is 2. The number of hydrogen-bond acceptors (Lipinski definition) is 6. The molecule has 2 aliphatic heterocycles. The average Bonchev–Trinajstić information content (AvgIpc) is 2.81. The summed E-state index contributed by atoms with van der Waals surface area (Å²) < 4.78 is 8.22. The number of amides is 1. The van der Waals surface area contributed by atoms with Gasteiger partial charge in [-0.15, -0.1) is 0 Å². The Labute approximate surface area is 195 Å². The smallest absolute Gasteiger partial charge is 0.257 e. The van der Waals surface area contributed by atoms with Crippen molar-refractivity contribution in [1.29, 1.82) is 0 Å². The van der Waals surface area contributed by atoms with Crippen molar-refractivity contribution in [3.63, 3.8) is 0 Å². The molecular formula is C25H34N4O2S. The van der Waals surface area contributed by atoms with Gasteiger partial charge in [0.2, 0.25) is 0 Å². The zero-order valence-corrected chi connectivity index (χ0v) is 19.7. The van der Waals surface area contributed by atoms with E-state index in [1.807, 2.05) is 18.2 Å². The van der Waals surface area contributed by atoms with Crippen LogP contribution in [0.1, 0.15) is 24.5 Å². The molecule has 32 heavy (non-hydrogen) atoms. The molecule has 2 aromatic carbocycles. The molecule has 4 rings (SSSR count). The number of ether oxygens (including phenoxy) is 1. The van der Waals surface area contributed by atoms with E-state index in [9.17, 15) is 4.79 Å². The van der Waals surface area contributed by atoms with Crippen LogP contribution in [0, 0.1) is 0 Å². The number of carbonyl (C=O) groups excluding carboxylic acids is 1. The summed E-state index contributed by atoms with van der Waals surface area (Å²) in [5.41, 5.74) is 2.90. The summed E-state index contributed by atoms with van der Waals surface area (Å²) in [5, 5.41) is 6.46. The average molecular weight is 455 g/mol. The Morgan fingerprint density at radius 2 is 1.97 bits per heavy atom. The van der Waals surface area contributed by atoms with Crippen molar-refractivity contribution in [3.05, 3.63) is 59.7 Å². The van der Waals surface area contributed by atoms with Gasteiger partial charge < -0.3 is 15.4 Å². The number of rotatable bonds is 9.